The van der Waals surface area contributed by atoms with Crippen LogP contribution in [0.5, 0.6) is 0 Å². The van der Waals surface area contributed by atoms with E-state index >= 15 is 0 Å². The average Bonchev–Trinajstić information content (AvgIpc) is 2.87. The zero-order valence-electron chi connectivity index (χ0n) is 11.4. The quantitative estimate of drug-likeness (QED) is 0.882. The predicted octanol–water partition coefficient (Wildman–Crippen LogP) is 3.00. The predicted molar refractivity (Wildman–Crippen MR) is 79.8 cm³/mol. The van der Waals surface area contributed by atoms with E-state index < -0.39 is 6.10 Å². The van der Waals surface area contributed by atoms with E-state index in [1.165, 1.54) is 16.9 Å². The van der Waals surface area contributed by atoms with Gasteiger partial charge in [-0.1, -0.05) is 24.3 Å². The lowest BCUT2D eigenvalue weighted by Crippen LogP contribution is -2.32. The van der Waals surface area contributed by atoms with Gasteiger partial charge in [0.2, 0.25) is 0 Å². The molecular weight excluding hydrogens is 270 g/mol. The van der Waals surface area contributed by atoms with Crippen molar-refractivity contribution in [2.24, 2.45) is 0 Å². The molecule has 2 heterocycles. The number of hydrogen-bond donors (Lipinski definition) is 1. The fourth-order valence-electron chi connectivity index (χ4n) is 2.67. The Bertz CT molecular complexity index is 635. The molecular formula is C16H17NO2S. The molecule has 1 N–H and O–H groups in total. The molecule has 1 atom stereocenters. The number of β-amino-alcohol motifs (C(OH)–C–C–N with tert-alkyl or cyclic N) is 1. The molecule has 2 aromatic rings. The van der Waals surface area contributed by atoms with Crippen molar-refractivity contribution >= 4 is 17.1 Å². The lowest BCUT2D eigenvalue weighted by atomic mass is 9.97. The van der Waals surface area contributed by atoms with E-state index in [9.17, 15) is 9.90 Å². The fraction of sp³-hybridized carbons (Fsp3) is 0.312. The molecule has 104 valence electrons. The van der Waals surface area contributed by atoms with Gasteiger partial charge in [-0.15, -0.1) is 11.3 Å². The molecule has 0 saturated heterocycles. The van der Waals surface area contributed by atoms with E-state index in [2.05, 4.69) is 11.0 Å². The molecule has 1 aromatic carbocycles. The zero-order valence-corrected chi connectivity index (χ0v) is 12.2. The van der Waals surface area contributed by atoms with Crippen molar-refractivity contribution in [3.63, 3.8) is 0 Å². The van der Waals surface area contributed by atoms with Crippen LogP contribution in [0.2, 0.25) is 0 Å². The fourth-order valence-corrected chi connectivity index (χ4v) is 3.48. The topological polar surface area (TPSA) is 40.5 Å². The zero-order chi connectivity index (χ0) is 14.1. The van der Waals surface area contributed by atoms with Crippen LogP contribution in [-0.2, 0) is 13.1 Å². The average molecular weight is 287 g/mol. The number of Topliss-reactive ketones (excluding diaryl/α,β-unsaturated/α-hetero) is 1. The first-order valence-corrected chi connectivity index (χ1v) is 7.58. The van der Waals surface area contributed by atoms with Crippen LogP contribution < -0.4 is 0 Å². The Hall–Kier alpha value is -1.49. The van der Waals surface area contributed by atoms with Gasteiger partial charge in [-0.05, 0) is 35.1 Å². The number of rotatable bonds is 3. The molecule has 0 fully saturated rings. The van der Waals surface area contributed by atoms with Crippen molar-refractivity contribution in [3.8, 4) is 0 Å². The molecule has 0 saturated carbocycles. The molecule has 0 bridgehead atoms. The third kappa shape index (κ3) is 2.68. The van der Waals surface area contributed by atoms with Gasteiger partial charge >= 0.3 is 0 Å². The second-order valence-corrected chi connectivity index (χ2v) is 6.17. The summed E-state index contributed by atoms with van der Waals surface area (Å²) < 4.78 is 0. The lowest BCUT2D eigenvalue weighted by molar-refractivity contribution is 0.0882. The molecule has 4 heteroatoms. The molecule has 0 spiro atoms. The van der Waals surface area contributed by atoms with Crippen LogP contribution in [0, 0.1) is 0 Å². The van der Waals surface area contributed by atoms with Gasteiger partial charge in [-0.25, -0.2) is 0 Å². The Labute approximate surface area is 122 Å². The molecule has 3 nitrogen and oxygen atoms in total. The number of carbonyl (C=O) groups is 1. The lowest BCUT2D eigenvalue weighted by Gasteiger charge is -2.31. The molecule has 1 aromatic heterocycles. The van der Waals surface area contributed by atoms with E-state index in [1.54, 1.807) is 6.92 Å². The number of carbonyl (C=O) groups excluding carboxylic acids is 1. The summed E-state index contributed by atoms with van der Waals surface area (Å²) in [6, 6.07) is 10.00. The standard InChI is InChI=1S/C16H17NO2S/c1-11(18)16-6-12(10-20-16)7-17-8-13-4-2-3-5-14(13)15(19)9-17/h2-6,10,15,19H,7-9H2,1H3/t15-/m0/s1. The highest BCUT2D eigenvalue weighted by Gasteiger charge is 2.23. The highest BCUT2D eigenvalue weighted by Crippen LogP contribution is 2.28. The minimum absolute atomic E-state index is 0.116. The van der Waals surface area contributed by atoms with Gasteiger partial charge in [-0.3, -0.25) is 9.69 Å². The second kappa shape index (κ2) is 5.48. The number of fused-ring (bicyclic) bond motifs is 1. The molecule has 1 aliphatic heterocycles. The summed E-state index contributed by atoms with van der Waals surface area (Å²) in [6.45, 7) is 3.85. The van der Waals surface area contributed by atoms with Crippen molar-refractivity contribution in [2.45, 2.75) is 26.1 Å². The van der Waals surface area contributed by atoms with Gasteiger partial charge in [0.15, 0.2) is 5.78 Å². The van der Waals surface area contributed by atoms with Crippen molar-refractivity contribution in [1.82, 2.24) is 4.90 Å². The van der Waals surface area contributed by atoms with E-state index in [4.69, 9.17) is 0 Å². The van der Waals surface area contributed by atoms with Gasteiger partial charge in [-0.2, -0.15) is 0 Å². The summed E-state index contributed by atoms with van der Waals surface area (Å²) in [5, 5.41) is 12.2. The van der Waals surface area contributed by atoms with Crippen LogP contribution >= 0.6 is 11.3 Å². The number of benzene rings is 1. The Balaban J connectivity index is 1.75. The maximum Gasteiger partial charge on any atom is 0.169 e. The number of hydrogen-bond acceptors (Lipinski definition) is 4. The molecule has 1 aliphatic rings. The SMILES string of the molecule is CC(=O)c1cc(CN2Cc3ccccc3[C@@H](O)C2)cs1. The van der Waals surface area contributed by atoms with Crippen molar-refractivity contribution in [3.05, 3.63) is 57.3 Å². The normalized spacial score (nSPS) is 18.8. The van der Waals surface area contributed by atoms with E-state index in [1.807, 2.05) is 29.6 Å². The summed E-state index contributed by atoms with van der Waals surface area (Å²) in [4.78, 5) is 14.3. The van der Waals surface area contributed by atoms with E-state index in [-0.39, 0.29) is 5.78 Å². The summed E-state index contributed by atoms with van der Waals surface area (Å²) in [5.41, 5.74) is 3.37. The second-order valence-electron chi connectivity index (χ2n) is 5.26. The Morgan fingerprint density at radius 3 is 3.00 bits per heavy atom. The van der Waals surface area contributed by atoms with Gasteiger partial charge in [0.1, 0.15) is 0 Å². The van der Waals surface area contributed by atoms with Crippen LogP contribution in [0.25, 0.3) is 0 Å². The summed E-state index contributed by atoms with van der Waals surface area (Å²) in [6.07, 6.45) is -0.425. The number of ketones is 1. The first kappa shape index (κ1) is 13.5. The third-order valence-corrected chi connectivity index (χ3v) is 4.73. The van der Waals surface area contributed by atoms with Crippen LogP contribution in [0.3, 0.4) is 0 Å². The minimum Gasteiger partial charge on any atom is -0.387 e. The highest BCUT2D eigenvalue weighted by molar-refractivity contribution is 7.12. The number of aliphatic hydroxyl groups excluding tert-OH is 1. The van der Waals surface area contributed by atoms with Gasteiger partial charge < -0.3 is 5.11 Å². The monoisotopic (exact) mass is 287 g/mol. The molecule has 0 aliphatic carbocycles. The third-order valence-electron chi connectivity index (χ3n) is 3.65. The minimum atomic E-state index is -0.425. The molecule has 0 radical (unpaired) electrons. The summed E-state index contributed by atoms with van der Waals surface area (Å²) in [5.74, 6) is 0.116. The maximum absolute atomic E-state index is 11.3. The van der Waals surface area contributed by atoms with Crippen LogP contribution in [-0.4, -0.2) is 22.3 Å². The highest BCUT2D eigenvalue weighted by atomic mass is 32.1. The Morgan fingerprint density at radius 2 is 2.25 bits per heavy atom. The van der Waals surface area contributed by atoms with Crippen LogP contribution in [0.1, 0.15) is 39.4 Å². The van der Waals surface area contributed by atoms with E-state index in [0.717, 1.165) is 29.1 Å². The Kier molecular flexibility index (Phi) is 3.70. The molecule has 0 unspecified atom stereocenters. The first-order valence-electron chi connectivity index (χ1n) is 6.70. The van der Waals surface area contributed by atoms with Gasteiger partial charge in [0, 0.05) is 19.6 Å². The van der Waals surface area contributed by atoms with Gasteiger partial charge in [0.25, 0.3) is 0 Å². The van der Waals surface area contributed by atoms with Crippen molar-refractivity contribution < 1.29 is 9.90 Å². The number of aliphatic hydroxyl groups is 1. The molecule has 3 rings (SSSR count). The van der Waals surface area contributed by atoms with Crippen LogP contribution in [0.15, 0.2) is 35.7 Å². The summed E-state index contributed by atoms with van der Waals surface area (Å²) in [7, 11) is 0. The smallest absolute Gasteiger partial charge is 0.169 e. The van der Waals surface area contributed by atoms with E-state index in [0.29, 0.717) is 6.54 Å². The summed E-state index contributed by atoms with van der Waals surface area (Å²) >= 11 is 1.49. The largest absolute Gasteiger partial charge is 0.387 e. The molecule has 0 amide bonds. The van der Waals surface area contributed by atoms with Crippen molar-refractivity contribution in [2.75, 3.05) is 6.54 Å². The first-order chi connectivity index (χ1) is 9.63. The van der Waals surface area contributed by atoms with Gasteiger partial charge in [0.05, 0.1) is 11.0 Å². The number of thiophene rings is 1. The Morgan fingerprint density at radius 1 is 1.45 bits per heavy atom. The maximum atomic E-state index is 11.3. The molecule has 20 heavy (non-hydrogen) atoms. The van der Waals surface area contributed by atoms with Crippen LogP contribution in [0.4, 0.5) is 0 Å². The van der Waals surface area contributed by atoms with Crippen molar-refractivity contribution in [1.29, 1.82) is 0 Å². The number of nitrogens with zero attached hydrogens (tertiary/aromatic N) is 1.